The Balaban J connectivity index is 2.46. The molecule has 0 unspecified atom stereocenters. The van der Waals surface area contributed by atoms with E-state index in [0.29, 0.717) is 0 Å². The lowest BCUT2D eigenvalue weighted by Gasteiger charge is -2.05. The molecule has 0 aliphatic heterocycles. The molecule has 0 aromatic heterocycles. The van der Waals surface area contributed by atoms with Crippen molar-refractivity contribution in [1.82, 2.24) is 0 Å². The van der Waals surface area contributed by atoms with Gasteiger partial charge in [-0.3, -0.25) is 14.9 Å². The number of nitrogens with zero attached hydrogens (tertiary/aromatic N) is 1. The maximum atomic E-state index is 12.2. The largest absolute Gasteiger partial charge is 0.507 e. The Kier molecular flexibility index (Phi) is 3.48. The van der Waals surface area contributed by atoms with Crippen molar-refractivity contribution < 1.29 is 14.8 Å². The van der Waals surface area contributed by atoms with Crippen LogP contribution in [0.5, 0.6) is 5.75 Å². The number of hydrogen-bond acceptors (Lipinski definition) is 4. The van der Waals surface area contributed by atoms with E-state index in [0.717, 1.165) is 6.07 Å². The van der Waals surface area contributed by atoms with Gasteiger partial charge in [-0.15, -0.1) is 0 Å². The fourth-order valence-corrected chi connectivity index (χ4v) is 1.87. The molecule has 0 aliphatic carbocycles. The predicted molar refractivity (Wildman–Crippen MR) is 69.6 cm³/mol. The van der Waals surface area contributed by atoms with Crippen LogP contribution in [-0.2, 0) is 0 Å². The Hall–Kier alpha value is -2.40. The third-order valence-electron chi connectivity index (χ3n) is 2.56. The number of aromatic hydroxyl groups is 1. The van der Waals surface area contributed by atoms with Gasteiger partial charge in [0.1, 0.15) is 5.75 Å². The first kappa shape index (κ1) is 13.0. The second-order valence-electron chi connectivity index (χ2n) is 3.77. The van der Waals surface area contributed by atoms with Crippen LogP contribution in [0.4, 0.5) is 5.69 Å². The topological polar surface area (TPSA) is 80.4 Å². The van der Waals surface area contributed by atoms with Gasteiger partial charge in [0.15, 0.2) is 5.78 Å². The molecule has 0 radical (unpaired) electrons. The highest BCUT2D eigenvalue weighted by Gasteiger charge is 2.18. The monoisotopic (exact) mass is 277 g/mol. The van der Waals surface area contributed by atoms with E-state index in [1.807, 2.05) is 0 Å². The summed E-state index contributed by atoms with van der Waals surface area (Å²) in [7, 11) is 0. The van der Waals surface area contributed by atoms with E-state index >= 15 is 0 Å². The Morgan fingerprint density at radius 3 is 2.42 bits per heavy atom. The Morgan fingerprint density at radius 1 is 1.16 bits per heavy atom. The number of benzene rings is 2. The molecule has 19 heavy (non-hydrogen) atoms. The molecule has 96 valence electrons. The summed E-state index contributed by atoms with van der Waals surface area (Å²) in [6, 6.07) is 9.60. The molecule has 0 saturated heterocycles. The number of rotatable bonds is 3. The molecule has 5 nitrogen and oxygen atoms in total. The summed E-state index contributed by atoms with van der Waals surface area (Å²) >= 11 is 5.86. The molecular weight excluding hydrogens is 270 g/mol. The third kappa shape index (κ3) is 2.56. The highest BCUT2D eigenvalue weighted by molar-refractivity contribution is 6.35. The quantitative estimate of drug-likeness (QED) is 0.531. The summed E-state index contributed by atoms with van der Waals surface area (Å²) in [6.07, 6.45) is 0. The maximum Gasteiger partial charge on any atom is 0.270 e. The zero-order valence-corrected chi connectivity index (χ0v) is 10.3. The number of para-hydroxylation sites is 1. The Bertz CT molecular complexity index is 669. The standard InChI is InChI=1S/C13H8ClNO4/c14-11-7-8(15(18)19)5-6-9(11)13(17)10-3-1-2-4-12(10)16/h1-7,16H. The van der Waals surface area contributed by atoms with E-state index in [1.165, 1.54) is 24.3 Å². The lowest BCUT2D eigenvalue weighted by molar-refractivity contribution is -0.384. The molecule has 2 aromatic carbocycles. The van der Waals surface area contributed by atoms with Crippen LogP contribution >= 0.6 is 11.6 Å². The third-order valence-corrected chi connectivity index (χ3v) is 2.87. The first-order valence-corrected chi connectivity index (χ1v) is 5.65. The molecular formula is C13H8ClNO4. The van der Waals surface area contributed by atoms with Crippen molar-refractivity contribution in [2.75, 3.05) is 0 Å². The Labute approximate surface area is 113 Å². The molecule has 0 amide bonds. The highest BCUT2D eigenvalue weighted by atomic mass is 35.5. The minimum Gasteiger partial charge on any atom is -0.507 e. The van der Waals surface area contributed by atoms with Crippen molar-refractivity contribution in [2.45, 2.75) is 0 Å². The number of nitro groups is 1. The molecule has 6 heteroatoms. The van der Waals surface area contributed by atoms with Crippen LogP contribution < -0.4 is 0 Å². The van der Waals surface area contributed by atoms with Crippen molar-refractivity contribution in [2.24, 2.45) is 0 Å². The van der Waals surface area contributed by atoms with Gasteiger partial charge in [0.05, 0.1) is 15.5 Å². The normalized spacial score (nSPS) is 10.2. The van der Waals surface area contributed by atoms with E-state index in [4.69, 9.17) is 11.6 Å². The van der Waals surface area contributed by atoms with Crippen molar-refractivity contribution in [3.05, 3.63) is 68.7 Å². The minimum atomic E-state index is -0.597. The minimum absolute atomic E-state index is 0.0255. The van der Waals surface area contributed by atoms with Crippen LogP contribution in [0.2, 0.25) is 5.02 Å². The van der Waals surface area contributed by atoms with E-state index in [1.54, 1.807) is 12.1 Å². The first-order valence-electron chi connectivity index (χ1n) is 5.27. The molecule has 2 aromatic rings. The van der Waals surface area contributed by atoms with Gasteiger partial charge in [0, 0.05) is 17.7 Å². The van der Waals surface area contributed by atoms with Gasteiger partial charge < -0.3 is 5.11 Å². The first-order chi connectivity index (χ1) is 9.00. The predicted octanol–water partition coefficient (Wildman–Crippen LogP) is 3.18. The smallest absolute Gasteiger partial charge is 0.270 e. The summed E-state index contributed by atoms with van der Waals surface area (Å²) in [5.41, 5.74) is 0.00542. The van der Waals surface area contributed by atoms with E-state index in [-0.39, 0.29) is 27.6 Å². The number of nitro benzene ring substituents is 1. The van der Waals surface area contributed by atoms with Crippen LogP contribution in [0, 0.1) is 10.1 Å². The fraction of sp³-hybridized carbons (Fsp3) is 0. The highest BCUT2D eigenvalue weighted by Crippen LogP contribution is 2.27. The van der Waals surface area contributed by atoms with Crippen molar-refractivity contribution >= 4 is 23.1 Å². The Morgan fingerprint density at radius 2 is 1.84 bits per heavy atom. The summed E-state index contributed by atoms with van der Waals surface area (Å²) < 4.78 is 0. The van der Waals surface area contributed by atoms with Gasteiger partial charge in [0.2, 0.25) is 0 Å². The molecule has 1 N–H and O–H groups in total. The molecule has 2 rings (SSSR count). The number of hydrogen-bond donors (Lipinski definition) is 1. The molecule has 0 saturated carbocycles. The molecule has 0 spiro atoms. The maximum absolute atomic E-state index is 12.2. The zero-order chi connectivity index (χ0) is 14.0. The van der Waals surface area contributed by atoms with Gasteiger partial charge in [-0.05, 0) is 18.2 Å². The van der Waals surface area contributed by atoms with Crippen LogP contribution in [-0.4, -0.2) is 15.8 Å². The van der Waals surface area contributed by atoms with Gasteiger partial charge >= 0.3 is 0 Å². The van der Waals surface area contributed by atoms with Crippen LogP contribution in [0.3, 0.4) is 0 Å². The second kappa shape index (κ2) is 5.07. The van der Waals surface area contributed by atoms with Gasteiger partial charge in [0.25, 0.3) is 5.69 Å². The average molecular weight is 278 g/mol. The molecule has 0 bridgehead atoms. The number of non-ortho nitro benzene ring substituents is 1. The van der Waals surface area contributed by atoms with Crippen molar-refractivity contribution in [1.29, 1.82) is 0 Å². The number of ketones is 1. The summed E-state index contributed by atoms with van der Waals surface area (Å²) in [5, 5.41) is 20.2. The van der Waals surface area contributed by atoms with Crippen molar-refractivity contribution in [3.63, 3.8) is 0 Å². The van der Waals surface area contributed by atoms with Gasteiger partial charge in [-0.25, -0.2) is 0 Å². The number of carbonyl (C=O) groups excluding carboxylic acids is 1. The molecule has 0 aliphatic rings. The second-order valence-corrected chi connectivity index (χ2v) is 4.17. The number of carbonyl (C=O) groups is 1. The summed E-state index contributed by atoms with van der Waals surface area (Å²) in [6.45, 7) is 0. The molecule has 0 fully saturated rings. The van der Waals surface area contributed by atoms with Crippen LogP contribution in [0.15, 0.2) is 42.5 Å². The number of phenolic OH excluding ortho intramolecular Hbond substituents is 1. The summed E-state index contributed by atoms with van der Waals surface area (Å²) in [5.74, 6) is -0.653. The lowest BCUT2D eigenvalue weighted by atomic mass is 10.0. The molecule has 0 atom stereocenters. The van der Waals surface area contributed by atoms with Gasteiger partial charge in [-0.2, -0.15) is 0 Å². The van der Waals surface area contributed by atoms with E-state index in [2.05, 4.69) is 0 Å². The fourth-order valence-electron chi connectivity index (χ4n) is 1.61. The number of phenols is 1. The van der Waals surface area contributed by atoms with E-state index < -0.39 is 10.7 Å². The zero-order valence-electron chi connectivity index (χ0n) is 9.54. The van der Waals surface area contributed by atoms with Crippen LogP contribution in [0.1, 0.15) is 15.9 Å². The van der Waals surface area contributed by atoms with Crippen LogP contribution in [0.25, 0.3) is 0 Å². The van der Waals surface area contributed by atoms with E-state index in [9.17, 15) is 20.0 Å². The SMILES string of the molecule is O=C(c1ccccc1O)c1ccc([N+](=O)[O-])cc1Cl. The van der Waals surface area contributed by atoms with Crippen molar-refractivity contribution in [3.8, 4) is 5.75 Å². The average Bonchev–Trinajstić information content (AvgIpc) is 2.38. The lowest BCUT2D eigenvalue weighted by Crippen LogP contribution is -2.03. The van der Waals surface area contributed by atoms with Gasteiger partial charge in [-0.1, -0.05) is 23.7 Å². The number of halogens is 1. The molecule has 0 heterocycles. The summed E-state index contributed by atoms with van der Waals surface area (Å²) in [4.78, 5) is 22.1.